The molecule has 2 aliphatic rings. The highest BCUT2D eigenvalue weighted by molar-refractivity contribution is 5.98. The van der Waals surface area contributed by atoms with Crippen LogP contribution in [0, 0.1) is 5.92 Å². The van der Waals surface area contributed by atoms with Gasteiger partial charge in [-0.1, -0.05) is 11.2 Å². The maximum Gasteiger partial charge on any atom is 0.252 e. The van der Waals surface area contributed by atoms with E-state index in [0.29, 0.717) is 30.9 Å². The van der Waals surface area contributed by atoms with Crippen LogP contribution in [0.15, 0.2) is 41.4 Å². The van der Waals surface area contributed by atoms with E-state index in [1.807, 2.05) is 18.3 Å². The molecule has 29 heavy (non-hydrogen) atoms. The van der Waals surface area contributed by atoms with Crippen LogP contribution in [0.5, 0.6) is 0 Å². The van der Waals surface area contributed by atoms with Gasteiger partial charge in [0.2, 0.25) is 5.91 Å². The normalized spacial score (nSPS) is 17.1. The Balaban J connectivity index is 1.56. The molecule has 1 saturated carbocycles. The molecule has 2 aromatic heterocycles. The second-order valence-electron chi connectivity index (χ2n) is 7.32. The first-order valence-corrected chi connectivity index (χ1v) is 9.63. The summed E-state index contributed by atoms with van der Waals surface area (Å²) in [5, 5.41) is 7.21. The molecule has 0 aromatic carbocycles. The number of nitrogens with one attached hydrogen (secondary N) is 2. The fourth-order valence-electron chi connectivity index (χ4n) is 3.46. The third-order valence-electron chi connectivity index (χ3n) is 5.21. The largest absolute Gasteiger partial charge is 0.365 e. The minimum absolute atomic E-state index is 0.0299. The summed E-state index contributed by atoms with van der Waals surface area (Å²) >= 11 is 0. The molecular formula is C21H23N5O3. The first-order valence-electron chi connectivity index (χ1n) is 9.63. The van der Waals surface area contributed by atoms with Crippen LogP contribution in [0.3, 0.4) is 0 Å². The molecule has 1 fully saturated rings. The van der Waals surface area contributed by atoms with Crippen molar-refractivity contribution in [3.05, 3.63) is 41.8 Å². The maximum absolute atomic E-state index is 12.5. The summed E-state index contributed by atoms with van der Waals surface area (Å²) in [6.07, 6.45) is 7.79. The van der Waals surface area contributed by atoms with Crippen LogP contribution in [0.2, 0.25) is 0 Å². The lowest BCUT2D eigenvalue weighted by Gasteiger charge is -2.27. The number of pyridine rings is 1. The number of rotatable bonds is 6. The Labute approximate surface area is 168 Å². The van der Waals surface area contributed by atoms with Crippen molar-refractivity contribution in [3.63, 3.8) is 0 Å². The minimum Gasteiger partial charge on any atom is -0.365 e. The number of H-pyrrole nitrogens is 1. The molecule has 0 atom stereocenters. The van der Waals surface area contributed by atoms with Crippen LogP contribution in [-0.2, 0) is 14.4 Å². The molecule has 0 saturated heterocycles. The zero-order chi connectivity index (χ0) is 20.4. The van der Waals surface area contributed by atoms with Crippen LogP contribution in [0.1, 0.15) is 31.7 Å². The first-order chi connectivity index (χ1) is 14.1. The molecule has 2 aromatic rings. The summed E-state index contributed by atoms with van der Waals surface area (Å²) in [4.78, 5) is 38.8. The lowest BCUT2D eigenvalue weighted by molar-refractivity contribution is -0.126. The van der Waals surface area contributed by atoms with Gasteiger partial charge >= 0.3 is 0 Å². The molecule has 0 bridgehead atoms. The van der Waals surface area contributed by atoms with Crippen molar-refractivity contribution in [1.82, 2.24) is 14.9 Å². The van der Waals surface area contributed by atoms with Crippen molar-refractivity contribution < 1.29 is 14.4 Å². The average molecular weight is 393 g/mol. The molecule has 8 heteroatoms. The molecule has 0 unspecified atom stereocenters. The van der Waals surface area contributed by atoms with Gasteiger partial charge in [-0.25, -0.2) is 4.98 Å². The van der Waals surface area contributed by atoms with Crippen molar-refractivity contribution in [2.24, 2.45) is 11.1 Å². The molecule has 2 N–H and O–H groups in total. The van der Waals surface area contributed by atoms with E-state index in [-0.39, 0.29) is 17.7 Å². The first kappa shape index (κ1) is 18.9. The van der Waals surface area contributed by atoms with Gasteiger partial charge in [0.1, 0.15) is 17.7 Å². The summed E-state index contributed by atoms with van der Waals surface area (Å²) in [6, 6.07) is 3.91. The number of nitrogens with zero attached hydrogens (tertiary/aromatic N) is 3. The second-order valence-corrected chi connectivity index (χ2v) is 7.32. The summed E-state index contributed by atoms with van der Waals surface area (Å²) in [6.45, 7) is 6.00. The Morgan fingerprint density at radius 3 is 2.97 bits per heavy atom. The van der Waals surface area contributed by atoms with Crippen LogP contribution in [0.25, 0.3) is 16.6 Å². The Morgan fingerprint density at radius 1 is 1.45 bits per heavy atom. The minimum atomic E-state index is -0.0946. The van der Waals surface area contributed by atoms with Gasteiger partial charge in [0.15, 0.2) is 0 Å². The van der Waals surface area contributed by atoms with Crippen molar-refractivity contribution in [3.8, 4) is 0 Å². The Morgan fingerprint density at radius 2 is 2.28 bits per heavy atom. The second kappa shape index (κ2) is 7.90. The fraction of sp³-hybridized carbons (Fsp3) is 0.333. The fourth-order valence-corrected chi connectivity index (χ4v) is 3.46. The molecular weight excluding hydrogens is 370 g/mol. The zero-order valence-corrected chi connectivity index (χ0v) is 16.3. The maximum atomic E-state index is 12.5. The topological polar surface area (TPSA) is 99.7 Å². The lowest BCUT2D eigenvalue weighted by Crippen LogP contribution is -2.35. The van der Waals surface area contributed by atoms with E-state index < -0.39 is 0 Å². The Kier molecular flexibility index (Phi) is 5.16. The zero-order valence-electron chi connectivity index (χ0n) is 16.3. The number of hydrogen-bond donors (Lipinski definition) is 2. The quantitative estimate of drug-likeness (QED) is 0.341. The third kappa shape index (κ3) is 4.06. The third-order valence-corrected chi connectivity index (χ3v) is 5.21. The number of carbonyl (C=O) groups is 2. The van der Waals surface area contributed by atoms with E-state index in [0.717, 1.165) is 35.0 Å². The summed E-state index contributed by atoms with van der Waals surface area (Å²) < 4.78 is 0. The molecule has 1 aliphatic heterocycles. The highest BCUT2D eigenvalue weighted by Crippen LogP contribution is 2.33. The van der Waals surface area contributed by atoms with Gasteiger partial charge < -0.3 is 20.0 Å². The number of anilines is 1. The van der Waals surface area contributed by atoms with Gasteiger partial charge in [-0.2, -0.15) is 0 Å². The van der Waals surface area contributed by atoms with E-state index >= 15 is 0 Å². The number of aromatic amines is 1. The van der Waals surface area contributed by atoms with E-state index in [9.17, 15) is 9.59 Å². The van der Waals surface area contributed by atoms with Gasteiger partial charge in [0, 0.05) is 37.3 Å². The number of fused-ring (bicyclic) bond motifs is 1. The van der Waals surface area contributed by atoms with Crippen molar-refractivity contribution >= 4 is 41.0 Å². The van der Waals surface area contributed by atoms with Crippen molar-refractivity contribution in [1.29, 1.82) is 0 Å². The van der Waals surface area contributed by atoms with Gasteiger partial charge in [0.05, 0.1) is 5.57 Å². The van der Waals surface area contributed by atoms with E-state index in [1.165, 1.54) is 6.26 Å². The van der Waals surface area contributed by atoms with Gasteiger partial charge in [-0.3, -0.25) is 9.59 Å². The van der Waals surface area contributed by atoms with Crippen molar-refractivity contribution in [2.75, 3.05) is 18.4 Å². The van der Waals surface area contributed by atoms with Crippen LogP contribution in [0.4, 0.5) is 5.82 Å². The molecule has 8 nitrogen and oxygen atoms in total. The number of carbonyl (C=O) groups excluding carboxylic acids is 2. The Hall–Kier alpha value is -3.42. The SMILES string of the molecule is C=NO/C=C(\C)C(=O)N1CC=C(c2cc(NC(=O)C3CC3)nc3[nH]ccc23)CC1. The molecule has 3 heterocycles. The van der Waals surface area contributed by atoms with Crippen molar-refractivity contribution in [2.45, 2.75) is 26.2 Å². The summed E-state index contributed by atoms with van der Waals surface area (Å²) in [5.41, 5.74) is 3.37. The predicted octanol–water partition coefficient (Wildman–Crippen LogP) is 3.06. The number of oxime groups is 1. The van der Waals surface area contributed by atoms with Crippen LogP contribution >= 0.6 is 0 Å². The standard InChI is InChI=1S/C21H23N5O3/c1-13(12-29-22-2)21(28)26-9-6-14(7-10-26)17-11-18(25-20(27)15-3-4-15)24-19-16(17)5-8-23-19/h5-6,8,11-12,15H,2-4,7,9-10H2,1H3,(H2,23,24,25,27)/b13-12+. The molecule has 0 spiro atoms. The summed E-state index contributed by atoms with van der Waals surface area (Å²) in [7, 11) is 0. The molecule has 2 amide bonds. The molecule has 150 valence electrons. The highest BCUT2D eigenvalue weighted by atomic mass is 16.6. The Bertz CT molecular complexity index is 1030. The van der Waals surface area contributed by atoms with E-state index in [1.54, 1.807) is 11.8 Å². The molecule has 1 aliphatic carbocycles. The smallest absolute Gasteiger partial charge is 0.252 e. The van der Waals surface area contributed by atoms with Crippen LogP contribution in [-0.4, -0.2) is 46.5 Å². The van der Waals surface area contributed by atoms with Crippen LogP contribution < -0.4 is 5.32 Å². The van der Waals surface area contributed by atoms with Gasteiger partial charge in [-0.05, 0) is 49.5 Å². The number of aromatic nitrogens is 2. The molecule has 0 radical (unpaired) electrons. The highest BCUT2D eigenvalue weighted by Gasteiger charge is 2.30. The average Bonchev–Trinajstić information content (AvgIpc) is 3.49. The lowest BCUT2D eigenvalue weighted by atomic mass is 9.97. The van der Waals surface area contributed by atoms with E-state index in [4.69, 9.17) is 4.84 Å². The number of hydrogen-bond acceptors (Lipinski definition) is 5. The van der Waals surface area contributed by atoms with Gasteiger partial charge in [0.25, 0.3) is 5.91 Å². The summed E-state index contributed by atoms with van der Waals surface area (Å²) in [5.74, 6) is 0.605. The monoisotopic (exact) mass is 393 g/mol. The van der Waals surface area contributed by atoms with E-state index in [2.05, 4.69) is 33.2 Å². The van der Waals surface area contributed by atoms with Gasteiger partial charge in [-0.15, -0.1) is 0 Å². The molecule has 4 rings (SSSR count). The number of amides is 2. The predicted molar refractivity (Wildman–Crippen MR) is 111 cm³/mol.